The van der Waals surface area contributed by atoms with E-state index >= 15 is 0 Å². The van der Waals surface area contributed by atoms with Crippen molar-refractivity contribution in [2.45, 2.75) is 11.8 Å². The molecule has 2 aromatic carbocycles. The highest BCUT2D eigenvalue weighted by Crippen LogP contribution is 2.30. The van der Waals surface area contributed by atoms with Crippen molar-refractivity contribution in [3.63, 3.8) is 0 Å². The van der Waals surface area contributed by atoms with Gasteiger partial charge in [-0.05, 0) is 62.5 Å². The first kappa shape index (κ1) is 16.3. The molecule has 0 bridgehead atoms. The summed E-state index contributed by atoms with van der Waals surface area (Å²) in [6.45, 7) is 1.82. The SMILES string of the molecule is Cc1cccc(NS(=O)(=O)c2cc(N)c(Br)cc2F)c1Br. The van der Waals surface area contributed by atoms with E-state index in [1.807, 2.05) is 13.0 Å². The molecule has 0 amide bonds. The van der Waals surface area contributed by atoms with Gasteiger partial charge in [-0.1, -0.05) is 12.1 Å². The number of benzene rings is 2. The number of nitrogen functional groups attached to an aromatic ring is 1. The van der Waals surface area contributed by atoms with E-state index < -0.39 is 20.7 Å². The standard InChI is InChI=1S/C13H11Br2FN2O2S/c1-7-3-2-4-11(13(7)15)18-21(19,20)12-6-10(17)8(14)5-9(12)16/h2-6,18H,17H2,1H3. The fourth-order valence-corrected chi connectivity index (χ4v) is 3.65. The highest BCUT2D eigenvalue weighted by molar-refractivity contribution is 9.11. The average molecular weight is 438 g/mol. The minimum absolute atomic E-state index is 0.139. The van der Waals surface area contributed by atoms with E-state index in [-0.39, 0.29) is 5.69 Å². The van der Waals surface area contributed by atoms with Gasteiger partial charge < -0.3 is 5.73 Å². The Balaban J connectivity index is 2.48. The largest absolute Gasteiger partial charge is 0.398 e. The number of rotatable bonds is 3. The molecular weight excluding hydrogens is 427 g/mol. The Kier molecular flexibility index (Phi) is 4.60. The number of nitrogens with one attached hydrogen (secondary N) is 1. The van der Waals surface area contributed by atoms with E-state index in [4.69, 9.17) is 5.73 Å². The number of anilines is 2. The van der Waals surface area contributed by atoms with Crippen molar-refractivity contribution in [3.05, 3.63) is 50.7 Å². The van der Waals surface area contributed by atoms with Crippen LogP contribution >= 0.6 is 31.9 Å². The Morgan fingerprint density at radius 1 is 1.24 bits per heavy atom. The van der Waals surface area contributed by atoms with Crippen molar-refractivity contribution in [1.82, 2.24) is 0 Å². The van der Waals surface area contributed by atoms with Crippen LogP contribution in [0.15, 0.2) is 44.2 Å². The molecule has 2 aromatic rings. The molecule has 0 aliphatic rings. The third kappa shape index (κ3) is 3.38. The van der Waals surface area contributed by atoms with Crippen LogP contribution in [0, 0.1) is 12.7 Å². The van der Waals surface area contributed by atoms with Crippen LogP contribution in [0.4, 0.5) is 15.8 Å². The molecule has 0 saturated heterocycles. The van der Waals surface area contributed by atoms with Gasteiger partial charge in [0.2, 0.25) is 0 Å². The lowest BCUT2D eigenvalue weighted by Crippen LogP contribution is -2.15. The third-order valence-corrected chi connectivity index (χ3v) is 5.90. The molecule has 0 radical (unpaired) electrons. The van der Waals surface area contributed by atoms with Gasteiger partial charge in [-0.2, -0.15) is 0 Å². The topological polar surface area (TPSA) is 72.2 Å². The van der Waals surface area contributed by atoms with Gasteiger partial charge in [0.25, 0.3) is 10.0 Å². The summed E-state index contributed by atoms with van der Waals surface area (Å²) in [4.78, 5) is -0.503. The van der Waals surface area contributed by atoms with E-state index in [2.05, 4.69) is 36.6 Å². The Morgan fingerprint density at radius 2 is 1.90 bits per heavy atom. The van der Waals surface area contributed by atoms with Crippen LogP contribution in [0.5, 0.6) is 0 Å². The molecular formula is C13H11Br2FN2O2S. The zero-order chi connectivity index (χ0) is 15.8. The number of halogens is 3. The minimum atomic E-state index is -4.08. The highest BCUT2D eigenvalue weighted by Gasteiger charge is 2.22. The van der Waals surface area contributed by atoms with E-state index in [0.717, 1.165) is 17.7 Å². The van der Waals surface area contributed by atoms with Crippen molar-refractivity contribution >= 4 is 53.3 Å². The van der Waals surface area contributed by atoms with Crippen LogP contribution in [-0.4, -0.2) is 8.42 Å². The van der Waals surface area contributed by atoms with E-state index in [1.54, 1.807) is 12.1 Å². The van der Waals surface area contributed by atoms with Crippen molar-refractivity contribution < 1.29 is 12.8 Å². The van der Waals surface area contributed by atoms with E-state index in [9.17, 15) is 12.8 Å². The molecule has 0 atom stereocenters. The molecule has 112 valence electrons. The second-order valence-corrected chi connectivity index (χ2v) is 7.64. The molecule has 0 heterocycles. The molecule has 0 spiro atoms. The Hall–Kier alpha value is -1.12. The van der Waals surface area contributed by atoms with Crippen molar-refractivity contribution in [1.29, 1.82) is 0 Å². The van der Waals surface area contributed by atoms with Crippen LogP contribution in [0.25, 0.3) is 0 Å². The Morgan fingerprint density at radius 3 is 2.57 bits per heavy atom. The quantitative estimate of drug-likeness (QED) is 0.711. The van der Waals surface area contributed by atoms with Crippen LogP contribution < -0.4 is 10.5 Å². The summed E-state index contributed by atoms with van der Waals surface area (Å²) in [7, 11) is -4.08. The van der Waals surface area contributed by atoms with Gasteiger partial charge in [-0.15, -0.1) is 0 Å². The predicted octanol–water partition coefficient (Wildman–Crippen LogP) is 4.04. The summed E-state index contributed by atoms with van der Waals surface area (Å²) in [6.07, 6.45) is 0. The van der Waals surface area contributed by atoms with Gasteiger partial charge in [-0.25, -0.2) is 12.8 Å². The van der Waals surface area contributed by atoms with E-state index in [0.29, 0.717) is 14.6 Å². The molecule has 0 aliphatic heterocycles. The summed E-state index contributed by atoms with van der Waals surface area (Å²) in [5.41, 5.74) is 6.94. The summed E-state index contributed by atoms with van der Waals surface area (Å²) in [5.74, 6) is -0.882. The van der Waals surface area contributed by atoms with Gasteiger partial charge in [0.1, 0.15) is 10.7 Å². The normalized spacial score (nSPS) is 11.4. The summed E-state index contributed by atoms with van der Waals surface area (Å²) < 4.78 is 41.7. The van der Waals surface area contributed by atoms with Crippen LogP contribution in [-0.2, 0) is 10.0 Å². The van der Waals surface area contributed by atoms with Gasteiger partial charge >= 0.3 is 0 Å². The molecule has 0 fully saturated rings. The smallest absolute Gasteiger partial charge is 0.264 e. The molecule has 21 heavy (non-hydrogen) atoms. The van der Waals surface area contributed by atoms with Crippen LogP contribution in [0.1, 0.15) is 5.56 Å². The van der Waals surface area contributed by atoms with Crippen LogP contribution in [0.3, 0.4) is 0 Å². The monoisotopic (exact) mass is 436 g/mol. The highest BCUT2D eigenvalue weighted by atomic mass is 79.9. The van der Waals surface area contributed by atoms with Gasteiger partial charge in [0.15, 0.2) is 0 Å². The van der Waals surface area contributed by atoms with Gasteiger partial charge in [-0.3, -0.25) is 4.72 Å². The first-order chi connectivity index (χ1) is 9.72. The molecule has 0 aromatic heterocycles. The number of nitrogens with two attached hydrogens (primary N) is 1. The van der Waals surface area contributed by atoms with Crippen molar-refractivity contribution in [2.24, 2.45) is 0 Å². The summed E-state index contributed by atoms with van der Waals surface area (Å²) in [5, 5.41) is 0. The maximum Gasteiger partial charge on any atom is 0.264 e. The summed E-state index contributed by atoms with van der Waals surface area (Å²) in [6, 6.07) is 7.19. The molecule has 8 heteroatoms. The number of sulfonamides is 1. The fourth-order valence-electron chi connectivity index (χ4n) is 1.68. The predicted molar refractivity (Wildman–Crippen MR) is 88.2 cm³/mol. The molecule has 2 rings (SSSR count). The molecule has 0 saturated carbocycles. The Bertz CT molecular complexity index is 810. The number of hydrogen-bond acceptors (Lipinski definition) is 3. The lowest BCUT2D eigenvalue weighted by molar-refractivity contribution is 0.570. The molecule has 3 N–H and O–H groups in total. The molecule has 4 nitrogen and oxygen atoms in total. The third-order valence-electron chi connectivity index (χ3n) is 2.78. The average Bonchev–Trinajstić information content (AvgIpc) is 2.39. The first-order valence-corrected chi connectivity index (χ1v) is 8.82. The lowest BCUT2D eigenvalue weighted by atomic mass is 10.2. The van der Waals surface area contributed by atoms with Crippen molar-refractivity contribution in [3.8, 4) is 0 Å². The van der Waals surface area contributed by atoms with Crippen LogP contribution in [0.2, 0.25) is 0 Å². The van der Waals surface area contributed by atoms with Gasteiger partial charge in [0.05, 0.1) is 5.69 Å². The zero-order valence-corrected chi connectivity index (χ0v) is 14.8. The van der Waals surface area contributed by atoms with E-state index in [1.165, 1.54) is 0 Å². The molecule has 0 aliphatic carbocycles. The maximum atomic E-state index is 13.9. The summed E-state index contributed by atoms with van der Waals surface area (Å²) >= 11 is 6.34. The second kappa shape index (κ2) is 5.94. The number of aryl methyl sites for hydroxylation is 1. The van der Waals surface area contributed by atoms with Crippen molar-refractivity contribution in [2.75, 3.05) is 10.5 Å². The zero-order valence-electron chi connectivity index (χ0n) is 10.8. The fraction of sp³-hybridized carbons (Fsp3) is 0.0769. The second-order valence-electron chi connectivity index (χ2n) is 4.35. The van der Waals surface area contributed by atoms with Gasteiger partial charge in [0, 0.05) is 14.6 Å². The first-order valence-electron chi connectivity index (χ1n) is 5.75. The Labute approximate surface area is 138 Å². The lowest BCUT2D eigenvalue weighted by Gasteiger charge is -2.12. The minimum Gasteiger partial charge on any atom is -0.398 e. The maximum absolute atomic E-state index is 13.9. The molecule has 0 unspecified atom stereocenters. The number of hydrogen-bond donors (Lipinski definition) is 2.